The molecule has 0 amide bonds. The van der Waals surface area contributed by atoms with Gasteiger partial charge in [-0.1, -0.05) is 59.6 Å². The number of hydrogen-bond donors (Lipinski definition) is 0. The lowest BCUT2D eigenvalue weighted by molar-refractivity contribution is -0.117. The number of ether oxygens (including phenoxy) is 2. The second-order valence-corrected chi connectivity index (χ2v) is 13.1. The first-order chi connectivity index (χ1) is 20.9. The Bertz CT molecular complexity index is 1600. The number of ketones is 2. The fraction of sp³-hybridized carbons (Fsp3) is 0.314. The SMILES string of the molecule is CCOc1cc(C2C3=C(CCCC3=O)N(Cc3ccccc3)C3=C2C(=O)CCC3)cc(I)c1OCc1ccc(Cl)cc1Cl. The Morgan fingerprint density at radius 2 is 1.53 bits per heavy atom. The molecule has 3 aromatic rings. The number of hydrogen-bond acceptors (Lipinski definition) is 5. The van der Waals surface area contributed by atoms with Crippen LogP contribution in [-0.4, -0.2) is 23.1 Å². The highest BCUT2D eigenvalue weighted by atomic mass is 127. The van der Waals surface area contributed by atoms with Crippen molar-refractivity contribution in [1.82, 2.24) is 4.90 Å². The van der Waals surface area contributed by atoms with Gasteiger partial charge in [-0.15, -0.1) is 0 Å². The van der Waals surface area contributed by atoms with Crippen LogP contribution in [0.15, 0.2) is 83.2 Å². The second kappa shape index (κ2) is 13.0. The Morgan fingerprint density at radius 1 is 0.860 bits per heavy atom. The summed E-state index contributed by atoms with van der Waals surface area (Å²) in [4.78, 5) is 29.8. The maximum Gasteiger partial charge on any atom is 0.174 e. The lowest BCUT2D eigenvalue weighted by Crippen LogP contribution is -2.38. The van der Waals surface area contributed by atoms with Crippen molar-refractivity contribution >= 4 is 57.4 Å². The molecule has 2 aliphatic carbocycles. The van der Waals surface area contributed by atoms with Gasteiger partial charge in [0.25, 0.3) is 0 Å². The Hall–Kier alpha value is -2.81. The average molecular weight is 728 g/mol. The third-order valence-corrected chi connectivity index (χ3v) is 9.71. The minimum atomic E-state index is -0.426. The van der Waals surface area contributed by atoms with Crippen molar-refractivity contribution in [2.45, 2.75) is 64.5 Å². The number of halogens is 3. The van der Waals surface area contributed by atoms with E-state index in [-0.39, 0.29) is 18.2 Å². The van der Waals surface area contributed by atoms with E-state index in [2.05, 4.69) is 39.6 Å². The molecule has 6 rings (SSSR count). The van der Waals surface area contributed by atoms with E-state index in [1.807, 2.05) is 43.3 Å². The van der Waals surface area contributed by atoms with Crippen LogP contribution in [0, 0.1) is 3.57 Å². The van der Waals surface area contributed by atoms with Gasteiger partial charge in [-0.05, 0) is 90.6 Å². The van der Waals surface area contributed by atoms with Gasteiger partial charge in [-0.25, -0.2) is 0 Å². The van der Waals surface area contributed by atoms with Crippen molar-refractivity contribution in [3.05, 3.63) is 114 Å². The van der Waals surface area contributed by atoms with Gasteiger partial charge in [0.1, 0.15) is 6.61 Å². The first-order valence-electron chi connectivity index (χ1n) is 14.7. The molecule has 3 aliphatic rings. The zero-order valence-corrected chi connectivity index (χ0v) is 27.6. The third kappa shape index (κ3) is 6.11. The van der Waals surface area contributed by atoms with Crippen LogP contribution in [0.25, 0.3) is 0 Å². The van der Waals surface area contributed by atoms with Crippen LogP contribution in [0.5, 0.6) is 11.5 Å². The number of rotatable bonds is 8. The predicted octanol–water partition coefficient (Wildman–Crippen LogP) is 9.19. The number of carbonyl (C=O) groups excluding carboxylic acids is 2. The molecule has 5 nitrogen and oxygen atoms in total. The second-order valence-electron chi connectivity index (χ2n) is 11.1. The van der Waals surface area contributed by atoms with Crippen LogP contribution in [0.3, 0.4) is 0 Å². The summed E-state index contributed by atoms with van der Waals surface area (Å²) in [5, 5.41) is 1.10. The van der Waals surface area contributed by atoms with Gasteiger partial charge in [-0.3, -0.25) is 9.59 Å². The van der Waals surface area contributed by atoms with Crippen LogP contribution >= 0.6 is 45.8 Å². The molecule has 1 heterocycles. The van der Waals surface area contributed by atoms with E-state index in [4.69, 9.17) is 32.7 Å². The molecule has 0 fully saturated rings. The van der Waals surface area contributed by atoms with Crippen molar-refractivity contribution in [1.29, 1.82) is 0 Å². The molecule has 8 heteroatoms. The van der Waals surface area contributed by atoms with E-state index in [9.17, 15) is 9.59 Å². The largest absolute Gasteiger partial charge is 0.490 e. The summed E-state index contributed by atoms with van der Waals surface area (Å²) in [6, 6.07) is 19.6. The van der Waals surface area contributed by atoms with Crippen molar-refractivity contribution in [2.24, 2.45) is 0 Å². The van der Waals surface area contributed by atoms with Crippen LogP contribution in [-0.2, 0) is 22.7 Å². The summed E-state index contributed by atoms with van der Waals surface area (Å²) in [5.41, 5.74) is 6.49. The third-order valence-electron chi connectivity index (χ3n) is 8.32. The molecule has 0 atom stereocenters. The Balaban J connectivity index is 1.45. The molecule has 43 heavy (non-hydrogen) atoms. The minimum Gasteiger partial charge on any atom is -0.490 e. The number of benzene rings is 3. The first kappa shape index (κ1) is 30.2. The van der Waals surface area contributed by atoms with E-state index in [0.717, 1.165) is 68.5 Å². The van der Waals surface area contributed by atoms with Gasteiger partial charge in [-0.2, -0.15) is 0 Å². The maximum atomic E-state index is 13.8. The number of Topliss-reactive ketones (excluding diaryl/α,β-unsaturated/α-hetero) is 2. The summed E-state index contributed by atoms with van der Waals surface area (Å²) in [5.74, 6) is 1.01. The first-order valence-corrected chi connectivity index (χ1v) is 16.6. The fourth-order valence-corrected chi connectivity index (χ4v) is 7.70. The van der Waals surface area contributed by atoms with E-state index >= 15 is 0 Å². The van der Waals surface area contributed by atoms with Gasteiger partial charge in [0.15, 0.2) is 23.1 Å². The molecule has 222 valence electrons. The summed E-state index contributed by atoms with van der Waals surface area (Å²) in [7, 11) is 0. The molecule has 0 saturated heterocycles. The molecule has 0 spiro atoms. The van der Waals surface area contributed by atoms with Gasteiger partial charge < -0.3 is 14.4 Å². The monoisotopic (exact) mass is 727 g/mol. The minimum absolute atomic E-state index is 0.125. The number of carbonyl (C=O) groups is 2. The highest BCUT2D eigenvalue weighted by Gasteiger charge is 2.43. The smallest absolute Gasteiger partial charge is 0.174 e. The molecule has 0 aromatic heterocycles. The van der Waals surface area contributed by atoms with Crippen LogP contribution in [0.2, 0.25) is 10.0 Å². The molecule has 1 aliphatic heterocycles. The molecule has 0 radical (unpaired) electrons. The van der Waals surface area contributed by atoms with Gasteiger partial charge >= 0.3 is 0 Å². The molecule has 0 unspecified atom stereocenters. The quantitative estimate of drug-likeness (QED) is 0.217. The van der Waals surface area contributed by atoms with Crippen LogP contribution in [0.1, 0.15) is 68.1 Å². The van der Waals surface area contributed by atoms with Gasteiger partial charge in [0.05, 0.1) is 10.2 Å². The topological polar surface area (TPSA) is 55.8 Å². The average Bonchev–Trinajstić information content (AvgIpc) is 2.99. The Labute approximate surface area is 276 Å². The lowest BCUT2D eigenvalue weighted by Gasteiger charge is -2.44. The van der Waals surface area contributed by atoms with Crippen LogP contribution < -0.4 is 9.47 Å². The molecule has 3 aromatic carbocycles. The standard InChI is InChI=1S/C35H32Cl2INO4/c1-2-42-31-17-23(16-26(38)35(31)43-20-22-14-15-24(36)18-25(22)37)32-33-27(10-6-12-29(33)40)39(19-21-8-4-3-5-9-21)28-11-7-13-30(41)34(28)32/h3-5,8-9,14-18,32H,2,6-7,10-13,19-20H2,1H3. The van der Waals surface area contributed by atoms with E-state index in [1.165, 1.54) is 0 Å². The molecule has 0 bridgehead atoms. The highest BCUT2D eigenvalue weighted by molar-refractivity contribution is 14.1. The molecular formula is C35H32Cl2INO4. The highest BCUT2D eigenvalue weighted by Crippen LogP contribution is 2.51. The summed E-state index contributed by atoms with van der Waals surface area (Å²) in [6.45, 7) is 3.25. The predicted molar refractivity (Wildman–Crippen MR) is 178 cm³/mol. The molecule has 0 saturated carbocycles. The Morgan fingerprint density at radius 3 is 2.16 bits per heavy atom. The van der Waals surface area contributed by atoms with Crippen molar-refractivity contribution in [2.75, 3.05) is 6.61 Å². The zero-order valence-electron chi connectivity index (χ0n) is 23.9. The summed E-state index contributed by atoms with van der Waals surface area (Å²) < 4.78 is 13.2. The van der Waals surface area contributed by atoms with Crippen molar-refractivity contribution in [3.8, 4) is 11.5 Å². The molecular weight excluding hydrogens is 696 g/mol. The van der Waals surface area contributed by atoms with Crippen molar-refractivity contribution in [3.63, 3.8) is 0 Å². The van der Waals surface area contributed by atoms with Crippen LogP contribution in [0.4, 0.5) is 0 Å². The lowest BCUT2D eigenvalue weighted by atomic mass is 9.71. The van der Waals surface area contributed by atoms with Gasteiger partial charge in [0.2, 0.25) is 0 Å². The fourth-order valence-electron chi connectivity index (χ4n) is 6.45. The Kier molecular flexibility index (Phi) is 9.17. The van der Waals surface area contributed by atoms with Gasteiger partial charge in [0, 0.05) is 63.5 Å². The van der Waals surface area contributed by atoms with E-state index in [0.29, 0.717) is 47.5 Å². The van der Waals surface area contributed by atoms with Crippen molar-refractivity contribution < 1.29 is 19.1 Å². The maximum absolute atomic E-state index is 13.8. The van der Waals surface area contributed by atoms with E-state index in [1.54, 1.807) is 12.1 Å². The number of nitrogens with zero attached hydrogens (tertiary/aromatic N) is 1. The normalized spacial score (nSPS) is 17.3. The summed E-state index contributed by atoms with van der Waals surface area (Å²) >= 11 is 14.7. The molecule has 0 N–H and O–H groups in total. The zero-order chi connectivity index (χ0) is 30.1. The summed E-state index contributed by atoms with van der Waals surface area (Å²) in [6.07, 6.45) is 4.23. The number of allylic oxidation sites excluding steroid dienone is 4. The van der Waals surface area contributed by atoms with E-state index < -0.39 is 5.92 Å².